The quantitative estimate of drug-likeness (QED) is 0.326. The van der Waals surface area contributed by atoms with Gasteiger partial charge in [0.15, 0.2) is 0 Å². The minimum Gasteiger partial charge on any atom is -0.242 e. The molecule has 0 saturated carbocycles. The highest BCUT2D eigenvalue weighted by Crippen LogP contribution is 2.41. The van der Waals surface area contributed by atoms with Crippen molar-refractivity contribution in [3.63, 3.8) is 0 Å². The van der Waals surface area contributed by atoms with E-state index in [1.165, 1.54) is 6.54 Å². The first-order chi connectivity index (χ1) is 2.47. The molecular formula is C2H4N2S. The highest BCUT2D eigenvalue weighted by molar-refractivity contribution is 8.04. The van der Waals surface area contributed by atoms with Crippen LogP contribution in [0.5, 0.6) is 0 Å². The summed E-state index contributed by atoms with van der Waals surface area (Å²) in [6.45, 7) is 1.20. The lowest BCUT2D eigenvalue weighted by atomic mass is 10.6. The van der Waals surface area contributed by atoms with Crippen LogP contribution in [0.2, 0.25) is 0 Å². The van der Waals surface area contributed by atoms with Gasteiger partial charge in [0, 0.05) is 6.54 Å². The molecule has 2 fully saturated rings. The van der Waals surface area contributed by atoms with Crippen LogP contribution < -0.4 is 5.43 Å². The van der Waals surface area contributed by atoms with E-state index in [1.54, 1.807) is 0 Å². The molecule has 2 saturated heterocycles. The summed E-state index contributed by atoms with van der Waals surface area (Å²) in [5.74, 6) is 0. The van der Waals surface area contributed by atoms with Gasteiger partial charge in [0.05, 0.1) is 0 Å². The van der Waals surface area contributed by atoms with Crippen LogP contribution >= 0.6 is 11.9 Å². The topological polar surface area (TPSA) is 15.0 Å². The zero-order chi connectivity index (χ0) is 3.28. The Bertz CT molecular complexity index is 52.7. The van der Waals surface area contributed by atoms with E-state index < -0.39 is 0 Å². The number of hydrogen-bond donors (Lipinski definition) is 1. The summed E-state index contributed by atoms with van der Waals surface area (Å²) < 4.78 is 2.14. The van der Waals surface area contributed by atoms with Crippen LogP contribution in [0.4, 0.5) is 0 Å². The van der Waals surface area contributed by atoms with Gasteiger partial charge in [-0.05, 0) is 11.9 Å². The van der Waals surface area contributed by atoms with Crippen molar-refractivity contribution < 1.29 is 0 Å². The smallest absolute Gasteiger partial charge is 0.111 e. The van der Waals surface area contributed by atoms with Gasteiger partial charge in [0.2, 0.25) is 0 Å². The second-order valence-corrected chi connectivity index (χ2v) is 2.40. The molecule has 0 aromatic rings. The van der Waals surface area contributed by atoms with E-state index in [9.17, 15) is 0 Å². The fourth-order valence-electron chi connectivity index (χ4n) is 0.419. The van der Waals surface area contributed by atoms with Gasteiger partial charge in [0.1, 0.15) is 5.37 Å². The standard InChI is InChI=1S/C2H4N2S/c1-2-4(3-1)5-2/h2-3H,1H2. The molecule has 0 aromatic heterocycles. The number of nitrogens with zero attached hydrogens (tertiary/aromatic N) is 1. The van der Waals surface area contributed by atoms with E-state index >= 15 is 0 Å². The van der Waals surface area contributed by atoms with Crippen LogP contribution in [-0.4, -0.2) is 16.3 Å². The molecule has 0 amide bonds. The Morgan fingerprint density at radius 2 is 2.80 bits per heavy atom. The molecule has 0 aromatic carbocycles. The fourth-order valence-corrected chi connectivity index (χ4v) is 1.07. The van der Waals surface area contributed by atoms with Crippen molar-refractivity contribution in [2.45, 2.75) is 5.37 Å². The van der Waals surface area contributed by atoms with E-state index in [-0.39, 0.29) is 0 Å². The number of hydrazine groups is 1. The molecule has 0 aliphatic carbocycles. The second kappa shape index (κ2) is 0.531. The maximum Gasteiger partial charge on any atom is 0.111 e. The van der Waals surface area contributed by atoms with Gasteiger partial charge in [-0.3, -0.25) is 0 Å². The zero-order valence-corrected chi connectivity index (χ0v) is 3.46. The molecule has 5 heavy (non-hydrogen) atoms. The van der Waals surface area contributed by atoms with Crippen molar-refractivity contribution in [1.29, 1.82) is 0 Å². The van der Waals surface area contributed by atoms with Crippen molar-refractivity contribution in [2.75, 3.05) is 6.54 Å². The monoisotopic (exact) mass is 88.0 g/mol. The molecule has 2 rings (SSSR count). The summed E-state index contributed by atoms with van der Waals surface area (Å²) in [4.78, 5) is 0. The van der Waals surface area contributed by atoms with Crippen molar-refractivity contribution in [1.82, 2.24) is 9.84 Å². The van der Waals surface area contributed by atoms with E-state index in [0.717, 1.165) is 5.37 Å². The first-order valence-corrected chi connectivity index (χ1v) is 2.50. The normalized spacial score (nSPS) is 57.6. The van der Waals surface area contributed by atoms with Gasteiger partial charge in [-0.25, -0.2) is 5.43 Å². The zero-order valence-electron chi connectivity index (χ0n) is 2.64. The molecule has 2 aliphatic rings. The molecule has 1 N–H and O–H groups in total. The molecular weight excluding hydrogens is 84.1 g/mol. The van der Waals surface area contributed by atoms with Crippen molar-refractivity contribution in [3.05, 3.63) is 0 Å². The third kappa shape index (κ3) is 0.173. The van der Waals surface area contributed by atoms with E-state index in [1.807, 2.05) is 11.9 Å². The SMILES string of the molecule is C1NN2SC12. The highest BCUT2D eigenvalue weighted by Gasteiger charge is 2.44. The van der Waals surface area contributed by atoms with Crippen LogP contribution in [0.15, 0.2) is 0 Å². The average molecular weight is 88.1 g/mol. The summed E-state index contributed by atoms with van der Waals surface area (Å²) in [6.07, 6.45) is 0. The third-order valence-corrected chi connectivity index (χ3v) is 1.89. The van der Waals surface area contributed by atoms with E-state index in [0.29, 0.717) is 0 Å². The lowest BCUT2D eigenvalue weighted by molar-refractivity contribution is 0.295. The maximum absolute atomic E-state index is 3.08. The third-order valence-electron chi connectivity index (χ3n) is 0.873. The molecule has 28 valence electrons. The predicted octanol–water partition coefficient (Wildman–Crippen LogP) is -0.205. The highest BCUT2D eigenvalue weighted by atomic mass is 32.2. The first kappa shape index (κ1) is 2.44. The van der Waals surface area contributed by atoms with Gasteiger partial charge >= 0.3 is 0 Å². The Kier molecular flexibility index (Phi) is 0.260. The molecule has 0 spiro atoms. The van der Waals surface area contributed by atoms with Gasteiger partial charge in [-0.2, -0.15) is 4.41 Å². The Balaban J connectivity index is 2.19. The van der Waals surface area contributed by atoms with Crippen LogP contribution in [0.25, 0.3) is 0 Å². The van der Waals surface area contributed by atoms with Crippen LogP contribution in [-0.2, 0) is 0 Å². The Labute approximate surface area is 34.6 Å². The lowest BCUT2D eigenvalue weighted by Gasteiger charge is -2.08. The van der Waals surface area contributed by atoms with Crippen LogP contribution in [0, 0.1) is 0 Å². The molecule has 2 unspecified atom stereocenters. The van der Waals surface area contributed by atoms with Gasteiger partial charge in [0.25, 0.3) is 0 Å². The average Bonchev–Trinajstić information content (AvgIpc) is 1.74. The second-order valence-electron chi connectivity index (χ2n) is 1.25. The lowest BCUT2D eigenvalue weighted by Crippen LogP contribution is -2.38. The Morgan fingerprint density at radius 3 is 2.80 bits per heavy atom. The minimum atomic E-state index is 0.870. The number of hydrogen-bond acceptors (Lipinski definition) is 3. The molecule has 2 aliphatic heterocycles. The van der Waals surface area contributed by atoms with Crippen molar-refractivity contribution in [2.24, 2.45) is 0 Å². The summed E-state index contributed by atoms with van der Waals surface area (Å²) in [5, 5.41) is 0.870. The number of nitrogens with one attached hydrogen (secondary N) is 1. The Hall–Kier alpha value is 0.270. The molecule has 2 nitrogen and oxygen atoms in total. The largest absolute Gasteiger partial charge is 0.242 e. The fraction of sp³-hybridized carbons (Fsp3) is 1.00. The predicted molar refractivity (Wildman–Crippen MR) is 21.2 cm³/mol. The molecule has 0 bridgehead atoms. The van der Waals surface area contributed by atoms with Crippen molar-refractivity contribution in [3.8, 4) is 0 Å². The van der Waals surface area contributed by atoms with Crippen LogP contribution in [0.1, 0.15) is 0 Å². The summed E-state index contributed by atoms with van der Waals surface area (Å²) in [5.41, 5.74) is 3.08. The van der Waals surface area contributed by atoms with Gasteiger partial charge in [-0.15, -0.1) is 0 Å². The Morgan fingerprint density at radius 1 is 2.00 bits per heavy atom. The number of fused-ring (bicyclic) bond motifs is 1. The minimum absolute atomic E-state index is 0.870. The molecule has 3 heteroatoms. The van der Waals surface area contributed by atoms with E-state index in [4.69, 9.17) is 0 Å². The molecule has 0 radical (unpaired) electrons. The molecule has 2 heterocycles. The van der Waals surface area contributed by atoms with Crippen LogP contribution in [0.3, 0.4) is 0 Å². The maximum atomic E-state index is 3.08. The number of rotatable bonds is 0. The molecule has 2 atom stereocenters. The van der Waals surface area contributed by atoms with E-state index in [2.05, 4.69) is 9.84 Å². The summed E-state index contributed by atoms with van der Waals surface area (Å²) >= 11 is 1.88. The summed E-state index contributed by atoms with van der Waals surface area (Å²) in [6, 6.07) is 0. The van der Waals surface area contributed by atoms with Gasteiger partial charge in [-0.1, -0.05) is 0 Å². The summed E-state index contributed by atoms with van der Waals surface area (Å²) in [7, 11) is 0. The van der Waals surface area contributed by atoms with Gasteiger partial charge < -0.3 is 0 Å². The van der Waals surface area contributed by atoms with Crippen molar-refractivity contribution >= 4 is 11.9 Å². The first-order valence-electron chi connectivity index (χ1n) is 1.66.